The first-order valence-electron chi connectivity index (χ1n) is 6.60. The molecule has 2 aromatic heterocycles. The van der Waals surface area contributed by atoms with Crippen LogP contribution < -0.4 is 5.32 Å². The molecule has 0 saturated carbocycles. The number of nitrogens with one attached hydrogen (secondary N) is 1. The lowest BCUT2D eigenvalue weighted by atomic mass is 10.1. The molecule has 108 valence electrons. The Morgan fingerprint density at radius 1 is 1.29 bits per heavy atom. The summed E-state index contributed by atoms with van der Waals surface area (Å²) in [6, 6.07) is 9.06. The lowest BCUT2D eigenvalue weighted by molar-refractivity contribution is 0.626. The van der Waals surface area contributed by atoms with Gasteiger partial charge in [-0.2, -0.15) is 5.10 Å². The SMILES string of the molecule is Cn1cnc(CNCc2ccc(F)c(-c3cccs3)c2)n1. The molecule has 0 bridgehead atoms. The van der Waals surface area contributed by atoms with Crippen LogP contribution in [0.1, 0.15) is 11.4 Å². The Bertz CT molecular complexity index is 721. The summed E-state index contributed by atoms with van der Waals surface area (Å²) in [6.45, 7) is 1.24. The predicted octanol–water partition coefficient (Wildman–Crippen LogP) is 2.97. The summed E-state index contributed by atoms with van der Waals surface area (Å²) in [5.41, 5.74) is 1.69. The number of hydrogen-bond acceptors (Lipinski definition) is 4. The van der Waals surface area contributed by atoms with Crippen LogP contribution in [0.25, 0.3) is 10.4 Å². The van der Waals surface area contributed by atoms with Gasteiger partial charge in [-0.15, -0.1) is 11.3 Å². The standard InChI is InChI=1S/C15H15FN4S/c1-20-10-18-15(19-20)9-17-8-11-4-5-13(16)12(7-11)14-3-2-6-21-14/h2-7,10,17H,8-9H2,1H3. The van der Waals surface area contributed by atoms with Crippen LogP contribution in [0.3, 0.4) is 0 Å². The van der Waals surface area contributed by atoms with Crippen LogP contribution in [0.2, 0.25) is 0 Å². The molecule has 0 radical (unpaired) electrons. The average molecular weight is 302 g/mol. The van der Waals surface area contributed by atoms with Crippen molar-refractivity contribution in [3.05, 3.63) is 59.2 Å². The molecule has 4 nitrogen and oxygen atoms in total. The van der Waals surface area contributed by atoms with Crippen molar-refractivity contribution in [2.75, 3.05) is 0 Å². The molecule has 1 N–H and O–H groups in total. The van der Waals surface area contributed by atoms with Crippen molar-refractivity contribution < 1.29 is 4.39 Å². The fraction of sp³-hybridized carbons (Fsp3) is 0.200. The number of rotatable bonds is 5. The number of aryl methyl sites for hydroxylation is 1. The quantitative estimate of drug-likeness (QED) is 0.788. The van der Waals surface area contributed by atoms with Crippen LogP contribution in [-0.4, -0.2) is 14.8 Å². The lowest BCUT2D eigenvalue weighted by Gasteiger charge is -2.06. The number of halogens is 1. The first kappa shape index (κ1) is 13.9. The first-order chi connectivity index (χ1) is 10.2. The maximum absolute atomic E-state index is 13.9. The van der Waals surface area contributed by atoms with Gasteiger partial charge in [0.2, 0.25) is 0 Å². The predicted molar refractivity (Wildman–Crippen MR) is 81.3 cm³/mol. The number of nitrogens with zero attached hydrogens (tertiary/aromatic N) is 3. The third-order valence-corrected chi connectivity index (χ3v) is 3.98. The Morgan fingerprint density at radius 3 is 2.90 bits per heavy atom. The van der Waals surface area contributed by atoms with Gasteiger partial charge in [0.1, 0.15) is 12.1 Å². The van der Waals surface area contributed by atoms with Crippen LogP contribution in [0.5, 0.6) is 0 Å². The van der Waals surface area contributed by atoms with E-state index >= 15 is 0 Å². The average Bonchev–Trinajstić information content (AvgIpc) is 3.12. The van der Waals surface area contributed by atoms with E-state index in [-0.39, 0.29) is 5.82 Å². The molecule has 3 aromatic rings. The van der Waals surface area contributed by atoms with Crippen molar-refractivity contribution in [3.8, 4) is 10.4 Å². The topological polar surface area (TPSA) is 42.7 Å². The molecule has 2 heterocycles. The van der Waals surface area contributed by atoms with Gasteiger partial charge in [-0.25, -0.2) is 9.37 Å². The summed E-state index contributed by atoms with van der Waals surface area (Å²) in [4.78, 5) is 5.10. The number of aromatic nitrogens is 3. The van der Waals surface area contributed by atoms with Crippen molar-refractivity contribution in [1.29, 1.82) is 0 Å². The van der Waals surface area contributed by atoms with E-state index in [1.54, 1.807) is 17.1 Å². The van der Waals surface area contributed by atoms with Gasteiger partial charge in [0.15, 0.2) is 5.82 Å². The molecule has 21 heavy (non-hydrogen) atoms. The summed E-state index contributed by atoms with van der Waals surface area (Å²) in [6.07, 6.45) is 1.67. The Kier molecular flexibility index (Phi) is 4.08. The minimum Gasteiger partial charge on any atom is -0.306 e. The molecule has 0 aliphatic heterocycles. The molecule has 0 spiro atoms. The van der Waals surface area contributed by atoms with Crippen LogP contribution in [0, 0.1) is 5.82 Å². The summed E-state index contributed by atoms with van der Waals surface area (Å²) in [5.74, 6) is 0.561. The largest absolute Gasteiger partial charge is 0.306 e. The van der Waals surface area contributed by atoms with Crippen LogP contribution in [0.4, 0.5) is 4.39 Å². The molecule has 0 amide bonds. The molecule has 0 aliphatic carbocycles. The highest BCUT2D eigenvalue weighted by Gasteiger charge is 2.07. The number of thiophene rings is 1. The van der Waals surface area contributed by atoms with Crippen LogP contribution in [-0.2, 0) is 20.1 Å². The molecule has 3 rings (SSSR count). The maximum Gasteiger partial charge on any atom is 0.164 e. The zero-order valence-electron chi connectivity index (χ0n) is 11.6. The Morgan fingerprint density at radius 2 is 2.19 bits per heavy atom. The molecule has 6 heteroatoms. The Balaban J connectivity index is 1.67. The van der Waals surface area contributed by atoms with Crippen molar-refractivity contribution in [3.63, 3.8) is 0 Å². The zero-order chi connectivity index (χ0) is 14.7. The molecule has 0 aliphatic rings. The van der Waals surface area contributed by atoms with E-state index in [9.17, 15) is 4.39 Å². The summed E-state index contributed by atoms with van der Waals surface area (Å²) < 4.78 is 15.6. The van der Waals surface area contributed by atoms with Gasteiger partial charge in [0.25, 0.3) is 0 Å². The highest BCUT2D eigenvalue weighted by atomic mass is 32.1. The smallest absolute Gasteiger partial charge is 0.164 e. The molecule has 0 fully saturated rings. The Hall–Kier alpha value is -2.05. The van der Waals surface area contributed by atoms with Crippen LogP contribution >= 0.6 is 11.3 Å². The second kappa shape index (κ2) is 6.15. The number of hydrogen-bond donors (Lipinski definition) is 1. The van der Waals surface area contributed by atoms with Gasteiger partial charge in [-0.3, -0.25) is 4.68 Å². The minimum atomic E-state index is -0.187. The van der Waals surface area contributed by atoms with E-state index in [0.29, 0.717) is 18.7 Å². The van der Waals surface area contributed by atoms with Crippen molar-refractivity contribution >= 4 is 11.3 Å². The number of benzene rings is 1. The van der Waals surface area contributed by atoms with E-state index < -0.39 is 0 Å². The van der Waals surface area contributed by atoms with E-state index in [0.717, 1.165) is 16.3 Å². The van der Waals surface area contributed by atoms with Gasteiger partial charge in [0, 0.05) is 24.0 Å². The van der Waals surface area contributed by atoms with E-state index in [1.165, 1.54) is 17.4 Å². The fourth-order valence-electron chi connectivity index (χ4n) is 2.09. The van der Waals surface area contributed by atoms with E-state index in [1.807, 2.05) is 30.6 Å². The molecule has 0 saturated heterocycles. The summed E-state index contributed by atoms with van der Waals surface area (Å²) >= 11 is 1.54. The summed E-state index contributed by atoms with van der Waals surface area (Å²) in [7, 11) is 1.84. The lowest BCUT2D eigenvalue weighted by Crippen LogP contribution is -2.14. The van der Waals surface area contributed by atoms with Crippen molar-refractivity contribution in [2.45, 2.75) is 13.1 Å². The normalized spacial score (nSPS) is 11.0. The second-order valence-corrected chi connectivity index (χ2v) is 5.68. The fourth-order valence-corrected chi connectivity index (χ4v) is 2.83. The van der Waals surface area contributed by atoms with E-state index in [2.05, 4.69) is 15.4 Å². The minimum absolute atomic E-state index is 0.187. The highest BCUT2D eigenvalue weighted by Crippen LogP contribution is 2.28. The van der Waals surface area contributed by atoms with Gasteiger partial charge in [-0.05, 0) is 29.1 Å². The third-order valence-electron chi connectivity index (χ3n) is 3.08. The zero-order valence-corrected chi connectivity index (χ0v) is 12.4. The molecule has 1 aromatic carbocycles. The maximum atomic E-state index is 13.9. The Labute approximate surface area is 126 Å². The van der Waals surface area contributed by atoms with Crippen molar-refractivity contribution in [1.82, 2.24) is 20.1 Å². The third kappa shape index (κ3) is 3.34. The first-order valence-corrected chi connectivity index (χ1v) is 7.48. The van der Waals surface area contributed by atoms with Gasteiger partial charge < -0.3 is 5.32 Å². The molecular formula is C15H15FN4S. The second-order valence-electron chi connectivity index (χ2n) is 4.73. The van der Waals surface area contributed by atoms with Gasteiger partial charge >= 0.3 is 0 Å². The van der Waals surface area contributed by atoms with Crippen molar-refractivity contribution in [2.24, 2.45) is 7.05 Å². The molecular weight excluding hydrogens is 287 g/mol. The van der Waals surface area contributed by atoms with Gasteiger partial charge in [-0.1, -0.05) is 12.1 Å². The van der Waals surface area contributed by atoms with Crippen LogP contribution in [0.15, 0.2) is 42.0 Å². The van der Waals surface area contributed by atoms with E-state index in [4.69, 9.17) is 0 Å². The van der Waals surface area contributed by atoms with Gasteiger partial charge in [0.05, 0.1) is 6.54 Å². The summed E-state index contributed by atoms with van der Waals surface area (Å²) in [5, 5.41) is 9.42. The highest BCUT2D eigenvalue weighted by molar-refractivity contribution is 7.13. The molecule has 0 atom stereocenters. The monoisotopic (exact) mass is 302 g/mol. The molecule has 0 unspecified atom stereocenters.